The lowest BCUT2D eigenvalue weighted by molar-refractivity contribution is -0.115. The van der Waals surface area contributed by atoms with Gasteiger partial charge in [-0.2, -0.15) is 0 Å². The summed E-state index contributed by atoms with van der Waals surface area (Å²) < 4.78 is 0. The third-order valence-electron chi connectivity index (χ3n) is 2.25. The number of rotatable bonds is 1. The molecule has 1 atom stereocenters. The fraction of sp³-hybridized carbons (Fsp3) is 0.300. The highest BCUT2D eigenvalue weighted by atomic mass is 32.2. The molecule has 3 nitrogen and oxygen atoms in total. The second-order valence-electron chi connectivity index (χ2n) is 3.24. The number of hydrogen-bond acceptors (Lipinski definition) is 3. The largest absolute Gasteiger partial charge is 0.326 e. The highest BCUT2D eigenvalue weighted by Crippen LogP contribution is 2.37. The Kier molecular flexibility index (Phi) is 2.48. The van der Waals surface area contributed by atoms with Gasteiger partial charge in [-0.15, -0.1) is 11.8 Å². The molecule has 0 spiro atoms. The lowest BCUT2D eigenvalue weighted by Crippen LogP contribution is -2.27. The summed E-state index contributed by atoms with van der Waals surface area (Å²) in [7, 11) is 0. The Hall–Kier alpha value is -1.00. The fourth-order valence-corrected chi connectivity index (χ4v) is 2.46. The molecule has 1 aromatic rings. The van der Waals surface area contributed by atoms with E-state index >= 15 is 0 Å². The Bertz CT molecular complexity index is 378. The van der Waals surface area contributed by atoms with Crippen LogP contribution in [0, 0.1) is 0 Å². The van der Waals surface area contributed by atoms with Crippen LogP contribution in [0.15, 0.2) is 23.1 Å². The van der Waals surface area contributed by atoms with Crippen LogP contribution in [0.25, 0.3) is 0 Å². The van der Waals surface area contributed by atoms with Crippen molar-refractivity contribution in [1.29, 1.82) is 0 Å². The maximum atomic E-state index is 11.5. The van der Waals surface area contributed by atoms with Crippen molar-refractivity contribution in [1.82, 2.24) is 0 Å². The lowest BCUT2D eigenvalue weighted by Gasteiger charge is -2.23. The zero-order chi connectivity index (χ0) is 10.1. The Balaban J connectivity index is 2.46. The molecule has 0 saturated heterocycles. The van der Waals surface area contributed by atoms with E-state index in [0.29, 0.717) is 6.54 Å². The number of para-hydroxylation sites is 1. The molecular formula is C10H12N2OS. The number of nitrogens with one attached hydrogen (secondary N) is 1. The smallest absolute Gasteiger partial charge is 0.237 e. The van der Waals surface area contributed by atoms with Gasteiger partial charge in [-0.1, -0.05) is 12.1 Å². The predicted molar refractivity (Wildman–Crippen MR) is 58.3 cm³/mol. The van der Waals surface area contributed by atoms with Crippen molar-refractivity contribution in [2.45, 2.75) is 23.6 Å². The number of hydrogen-bond donors (Lipinski definition) is 2. The second kappa shape index (κ2) is 3.63. The first-order valence-corrected chi connectivity index (χ1v) is 5.40. The first-order valence-electron chi connectivity index (χ1n) is 4.52. The van der Waals surface area contributed by atoms with Gasteiger partial charge in [0.15, 0.2) is 0 Å². The molecule has 0 radical (unpaired) electrons. The van der Waals surface area contributed by atoms with Gasteiger partial charge in [-0.25, -0.2) is 0 Å². The van der Waals surface area contributed by atoms with E-state index in [-0.39, 0.29) is 11.2 Å². The van der Waals surface area contributed by atoms with Crippen molar-refractivity contribution in [3.63, 3.8) is 0 Å². The molecule has 4 heteroatoms. The first-order chi connectivity index (χ1) is 6.72. The van der Waals surface area contributed by atoms with Gasteiger partial charge < -0.3 is 11.1 Å². The van der Waals surface area contributed by atoms with Crippen LogP contribution >= 0.6 is 11.8 Å². The Morgan fingerprint density at radius 1 is 1.57 bits per heavy atom. The van der Waals surface area contributed by atoms with Gasteiger partial charge in [0.1, 0.15) is 0 Å². The van der Waals surface area contributed by atoms with Gasteiger partial charge in [0.05, 0.1) is 10.9 Å². The average molecular weight is 208 g/mol. The normalized spacial score (nSPS) is 20.1. The molecule has 14 heavy (non-hydrogen) atoms. The molecule has 1 aliphatic heterocycles. The van der Waals surface area contributed by atoms with E-state index in [0.717, 1.165) is 16.1 Å². The molecule has 1 aromatic carbocycles. The number of thioether (sulfide) groups is 1. The van der Waals surface area contributed by atoms with Crippen molar-refractivity contribution in [2.75, 3.05) is 5.32 Å². The van der Waals surface area contributed by atoms with Gasteiger partial charge >= 0.3 is 0 Å². The topological polar surface area (TPSA) is 55.1 Å². The van der Waals surface area contributed by atoms with Crippen molar-refractivity contribution < 1.29 is 4.79 Å². The van der Waals surface area contributed by atoms with Crippen LogP contribution < -0.4 is 11.1 Å². The zero-order valence-electron chi connectivity index (χ0n) is 7.91. The summed E-state index contributed by atoms with van der Waals surface area (Å²) in [6, 6.07) is 5.92. The quantitative estimate of drug-likeness (QED) is 0.736. The van der Waals surface area contributed by atoms with E-state index < -0.39 is 0 Å². The van der Waals surface area contributed by atoms with Crippen molar-refractivity contribution >= 4 is 23.4 Å². The van der Waals surface area contributed by atoms with Gasteiger partial charge in [0.25, 0.3) is 0 Å². The zero-order valence-corrected chi connectivity index (χ0v) is 8.73. The molecule has 1 amide bonds. The van der Waals surface area contributed by atoms with E-state index in [1.165, 1.54) is 0 Å². The molecule has 1 unspecified atom stereocenters. The first kappa shape index (κ1) is 9.55. The minimum absolute atomic E-state index is 0.0180. The maximum Gasteiger partial charge on any atom is 0.237 e. The van der Waals surface area contributed by atoms with E-state index in [1.54, 1.807) is 11.8 Å². The molecule has 1 aliphatic rings. The van der Waals surface area contributed by atoms with Gasteiger partial charge in [0, 0.05) is 11.4 Å². The van der Waals surface area contributed by atoms with Gasteiger partial charge in [0.2, 0.25) is 5.91 Å². The summed E-state index contributed by atoms with van der Waals surface area (Å²) in [5.74, 6) is 0.0587. The van der Waals surface area contributed by atoms with Gasteiger partial charge in [-0.05, 0) is 18.6 Å². The van der Waals surface area contributed by atoms with Crippen molar-refractivity contribution in [3.8, 4) is 0 Å². The van der Waals surface area contributed by atoms with E-state index in [2.05, 4.69) is 5.32 Å². The molecule has 1 heterocycles. The Morgan fingerprint density at radius 2 is 2.36 bits per heavy atom. The van der Waals surface area contributed by atoms with E-state index in [1.807, 2.05) is 25.1 Å². The molecule has 0 aromatic heterocycles. The van der Waals surface area contributed by atoms with Crippen LogP contribution in [0.4, 0.5) is 5.69 Å². The van der Waals surface area contributed by atoms with Crippen molar-refractivity contribution in [3.05, 3.63) is 23.8 Å². The molecular weight excluding hydrogens is 196 g/mol. The molecule has 0 aliphatic carbocycles. The molecule has 0 bridgehead atoms. The highest BCUT2D eigenvalue weighted by molar-refractivity contribution is 8.00. The third-order valence-corrected chi connectivity index (χ3v) is 3.42. The van der Waals surface area contributed by atoms with E-state index in [4.69, 9.17) is 5.73 Å². The minimum atomic E-state index is -0.0180. The molecule has 2 rings (SSSR count). The Morgan fingerprint density at radius 3 is 3.07 bits per heavy atom. The summed E-state index contributed by atoms with van der Waals surface area (Å²) >= 11 is 1.58. The minimum Gasteiger partial charge on any atom is -0.326 e. The standard InChI is InChI=1S/C10H12N2OS/c1-6-10(13)12-9-7(5-11)3-2-4-8(9)14-6/h2-4,6H,5,11H2,1H3,(H,12,13). The number of fused-ring (bicyclic) bond motifs is 1. The number of nitrogens with two attached hydrogens (primary N) is 1. The number of anilines is 1. The Labute approximate surface area is 87.1 Å². The number of carbonyl (C=O) groups excluding carboxylic acids is 1. The summed E-state index contributed by atoms with van der Waals surface area (Å²) in [5, 5.41) is 2.87. The number of benzene rings is 1. The van der Waals surface area contributed by atoms with Gasteiger partial charge in [-0.3, -0.25) is 4.79 Å². The monoisotopic (exact) mass is 208 g/mol. The number of carbonyl (C=O) groups is 1. The summed E-state index contributed by atoms with van der Waals surface area (Å²) in [6.45, 7) is 2.36. The summed E-state index contributed by atoms with van der Waals surface area (Å²) in [6.07, 6.45) is 0. The highest BCUT2D eigenvalue weighted by Gasteiger charge is 2.23. The number of amides is 1. The SMILES string of the molecule is CC1Sc2cccc(CN)c2NC1=O. The molecule has 0 saturated carbocycles. The molecule has 74 valence electrons. The van der Waals surface area contributed by atoms with Crippen LogP contribution in [0.2, 0.25) is 0 Å². The van der Waals surface area contributed by atoms with Crippen LogP contribution in [0.1, 0.15) is 12.5 Å². The van der Waals surface area contributed by atoms with E-state index in [9.17, 15) is 4.79 Å². The summed E-state index contributed by atoms with van der Waals surface area (Å²) in [5.41, 5.74) is 7.48. The second-order valence-corrected chi connectivity index (χ2v) is 4.63. The third kappa shape index (κ3) is 1.51. The average Bonchev–Trinajstić information content (AvgIpc) is 2.19. The fourth-order valence-electron chi connectivity index (χ4n) is 1.46. The van der Waals surface area contributed by atoms with Crippen LogP contribution in [0.5, 0.6) is 0 Å². The lowest BCUT2D eigenvalue weighted by atomic mass is 10.1. The maximum absolute atomic E-state index is 11.5. The molecule has 3 N–H and O–H groups in total. The van der Waals surface area contributed by atoms with Crippen LogP contribution in [-0.2, 0) is 11.3 Å². The molecule has 0 fully saturated rings. The van der Waals surface area contributed by atoms with Crippen molar-refractivity contribution in [2.24, 2.45) is 5.73 Å². The summed E-state index contributed by atoms with van der Waals surface area (Å²) in [4.78, 5) is 12.6. The van der Waals surface area contributed by atoms with Crippen LogP contribution in [-0.4, -0.2) is 11.2 Å². The predicted octanol–water partition coefficient (Wildman–Crippen LogP) is 1.58. The van der Waals surface area contributed by atoms with Crippen LogP contribution in [0.3, 0.4) is 0 Å².